The van der Waals surface area contributed by atoms with Crippen molar-refractivity contribution in [3.8, 4) is 45.5 Å². The molecule has 0 aliphatic heterocycles. The molecule has 0 atom stereocenters. The van der Waals surface area contributed by atoms with Crippen molar-refractivity contribution in [1.82, 2.24) is 24.1 Å². The van der Waals surface area contributed by atoms with Crippen LogP contribution >= 0.6 is 0 Å². The predicted octanol–water partition coefficient (Wildman–Crippen LogP) is 13.0. The van der Waals surface area contributed by atoms with Crippen LogP contribution in [0, 0.1) is 0 Å². The summed E-state index contributed by atoms with van der Waals surface area (Å²) in [5, 5.41) is 6.94. The highest BCUT2D eigenvalue weighted by atomic mass is 16.3. The molecule has 0 saturated carbocycles. The van der Waals surface area contributed by atoms with Gasteiger partial charge in [0, 0.05) is 60.4 Å². The maximum atomic E-state index is 6.59. The monoisotopic (exact) mass is 729 g/mol. The van der Waals surface area contributed by atoms with Gasteiger partial charge in [0.05, 0.1) is 22.1 Å². The first-order valence-corrected chi connectivity index (χ1v) is 19.1. The van der Waals surface area contributed by atoms with Gasteiger partial charge in [-0.3, -0.25) is 0 Å². The molecule has 6 heteroatoms. The topological polar surface area (TPSA) is 61.7 Å². The number of aromatic nitrogens is 5. The molecule has 0 spiro atoms. The van der Waals surface area contributed by atoms with E-state index in [0.29, 0.717) is 17.5 Å². The van der Waals surface area contributed by atoms with E-state index in [1.165, 1.54) is 38.1 Å². The number of rotatable bonds is 5. The second-order valence-electron chi connectivity index (χ2n) is 14.4. The summed E-state index contributed by atoms with van der Waals surface area (Å²) in [5.74, 6) is 1.84. The Morgan fingerprint density at radius 3 is 1.40 bits per heavy atom. The summed E-state index contributed by atoms with van der Waals surface area (Å²) in [6.07, 6.45) is 0. The summed E-state index contributed by atoms with van der Waals surface area (Å²) in [7, 11) is 0. The average molecular weight is 730 g/mol. The predicted molar refractivity (Wildman–Crippen MR) is 232 cm³/mol. The zero-order valence-electron chi connectivity index (χ0n) is 30.5. The van der Waals surface area contributed by atoms with Crippen molar-refractivity contribution in [1.29, 1.82) is 0 Å². The highest BCUT2D eigenvalue weighted by Gasteiger charge is 2.22. The van der Waals surface area contributed by atoms with E-state index < -0.39 is 0 Å². The number of hydrogen-bond donors (Lipinski definition) is 0. The Bertz CT molecular complexity index is 3450. The quantitative estimate of drug-likeness (QED) is 0.177. The lowest BCUT2D eigenvalue weighted by Crippen LogP contribution is -2.00. The molecule has 266 valence electrons. The molecule has 4 heterocycles. The Hall–Kier alpha value is -7.83. The Morgan fingerprint density at radius 2 is 0.807 bits per heavy atom. The van der Waals surface area contributed by atoms with Crippen molar-refractivity contribution in [2.45, 2.75) is 0 Å². The van der Waals surface area contributed by atoms with Crippen LogP contribution < -0.4 is 0 Å². The lowest BCUT2D eigenvalue weighted by Gasteiger charge is -2.12. The number of hydrogen-bond acceptors (Lipinski definition) is 4. The molecule has 0 fully saturated rings. The van der Waals surface area contributed by atoms with Crippen LogP contribution in [0.3, 0.4) is 0 Å². The first kappa shape index (κ1) is 31.5. The Kier molecular flexibility index (Phi) is 6.83. The largest absolute Gasteiger partial charge is 0.456 e. The molecule has 0 unspecified atom stereocenters. The highest BCUT2D eigenvalue weighted by Crippen LogP contribution is 2.42. The minimum absolute atomic E-state index is 0.592. The number of nitrogens with zero attached hydrogens (tertiary/aromatic N) is 5. The Balaban J connectivity index is 1.07. The molecular weight excluding hydrogens is 699 g/mol. The number of para-hydroxylation sites is 3. The molecule has 0 amide bonds. The maximum absolute atomic E-state index is 6.59. The van der Waals surface area contributed by atoms with Crippen molar-refractivity contribution < 1.29 is 4.42 Å². The van der Waals surface area contributed by atoms with Crippen molar-refractivity contribution in [3.63, 3.8) is 0 Å². The molecule has 4 aromatic heterocycles. The van der Waals surface area contributed by atoms with Gasteiger partial charge in [0.1, 0.15) is 11.2 Å². The molecule has 0 bridgehead atoms. The van der Waals surface area contributed by atoms with Crippen molar-refractivity contribution >= 4 is 65.6 Å². The minimum Gasteiger partial charge on any atom is -0.456 e. The summed E-state index contributed by atoms with van der Waals surface area (Å²) in [5.41, 5.74) is 11.2. The molecule has 12 aromatic rings. The summed E-state index contributed by atoms with van der Waals surface area (Å²) in [6, 6.07) is 65.6. The Morgan fingerprint density at radius 1 is 0.316 bits per heavy atom. The van der Waals surface area contributed by atoms with Crippen LogP contribution in [0.5, 0.6) is 0 Å². The maximum Gasteiger partial charge on any atom is 0.164 e. The van der Waals surface area contributed by atoms with Crippen LogP contribution in [0.15, 0.2) is 192 Å². The van der Waals surface area contributed by atoms with Gasteiger partial charge >= 0.3 is 0 Å². The van der Waals surface area contributed by atoms with E-state index in [-0.39, 0.29) is 0 Å². The third kappa shape index (κ3) is 4.87. The molecule has 0 aliphatic rings. The lowest BCUT2D eigenvalue weighted by molar-refractivity contribution is 0.669. The van der Waals surface area contributed by atoms with E-state index in [4.69, 9.17) is 19.4 Å². The van der Waals surface area contributed by atoms with Gasteiger partial charge in [0.15, 0.2) is 17.5 Å². The van der Waals surface area contributed by atoms with Gasteiger partial charge in [0.2, 0.25) is 0 Å². The van der Waals surface area contributed by atoms with Crippen LogP contribution in [-0.2, 0) is 0 Å². The first-order chi connectivity index (χ1) is 28.3. The van der Waals surface area contributed by atoms with Crippen molar-refractivity contribution in [2.24, 2.45) is 0 Å². The zero-order chi connectivity index (χ0) is 37.5. The standard InChI is InChI=1S/C51H31N5O/c1-4-14-32(15-5-1)49-52-50(33-16-6-2-7-17-33)54-51(53-49)34-24-26-39-42-31-36(25-29-45(42)57-46(39)30-34)56-44-23-13-11-21-38(44)41-28-27-40-37-20-10-12-22-43(37)55(47(40)48(41)56)35-18-8-3-9-19-35/h1-31H. The normalized spacial score (nSPS) is 11.9. The summed E-state index contributed by atoms with van der Waals surface area (Å²) < 4.78 is 11.4. The fraction of sp³-hybridized carbons (Fsp3) is 0. The van der Waals surface area contributed by atoms with E-state index in [9.17, 15) is 0 Å². The second-order valence-corrected chi connectivity index (χ2v) is 14.4. The smallest absolute Gasteiger partial charge is 0.164 e. The van der Waals surface area contributed by atoms with Gasteiger partial charge < -0.3 is 13.6 Å². The third-order valence-electron chi connectivity index (χ3n) is 11.2. The molecule has 0 radical (unpaired) electrons. The van der Waals surface area contributed by atoms with E-state index >= 15 is 0 Å². The van der Waals surface area contributed by atoms with Gasteiger partial charge in [-0.05, 0) is 54.6 Å². The molecule has 0 N–H and O–H groups in total. The van der Waals surface area contributed by atoms with Crippen LogP contribution in [0.4, 0.5) is 0 Å². The van der Waals surface area contributed by atoms with Crippen LogP contribution in [-0.4, -0.2) is 24.1 Å². The lowest BCUT2D eigenvalue weighted by atomic mass is 10.1. The second kappa shape index (κ2) is 12.3. The molecule has 6 nitrogen and oxygen atoms in total. The van der Waals surface area contributed by atoms with Crippen LogP contribution in [0.1, 0.15) is 0 Å². The summed E-state index contributed by atoms with van der Waals surface area (Å²) >= 11 is 0. The van der Waals surface area contributed by atoms with Crippen molar-refractivity contribution in [2.75, 3.05) is 0 Å². The van der Waals surface area contributed by atoms with Crippen LogP contribution in [0.25, 0.3) is 111 Å². The van der Waals surface area contributed by atoms with E-state index in [1.54, 1.807) is 0 Å². The highest BCUT2D eigenvalue weighted by molar-refractivity contribution is 6.24. The fourth-order valence-corrected chi connectivity index (χ4v) is 8.60. The molecule has 12 rings (SSSR count). The summed E-state index contributed by atoms with van der Waals surface area (Å²) in [4.78, 5) is 14.8. The molecular formula is C51H31N5O. The average Bonchev–Trinajstić information content (AvgIpc) is 3.94. The molecule has 0 aliphatic carbocycles. The van der Waals surface area contributed by atoms with Gasteiger partial charge in [-0.2, -0.15) is 0 Å². The van der Waals surface area contributed by atoms with Gasteiger partial charge in [-0.25, -0.2) is 15.0 Å². The number of furan rings is 1. The number of fused-ring (bicyclic) bond motifs is 10. The first-order valence-electron chi connectivity index (χ1n) is 19.1. The minimum atomic E-state index is 0.592. The van der Waals surface area contributed by atoms with Crippen molar-refractivity contribution in [3.05, 3.63) is 188 Å². The number of benzene rings is 8. The molecule has 0 saturated heterocycles. The van der Waals surface area contributed by atoms with E-state index in [1.807, 2.05) is 60.7 Å². The van der Waals surface area contributed by atoms with Gasteiger partial charge in [0.25, 0.3) is 0 Å². The fourth-order valence-electron chi connectivity index (χ4n) is 8.60. The Labute approximate surface area is 326 Å². The van der Waals surface area contributed by atoms with Gasteiger partial charge in [-0.15, -0.1) is 0 Å². The SMILES string of the molecule is c1ccc(-c2nc(-c3ccccc3)nc(-c3ccc4c(c3)oc3ccc(-n5c6ccccc6c6ccc7c8ccccc8n(-c8ccccc8)c7c65)cc34)n2)cc1. The third-order valence-corrected chi connectivity index (χ3v) is 11.2. The molecule has 8 aromatic carbocycles. The van der Waals surface area contributed by atoms with E-state index in [0.717, 1.165) is 55.5 Å². The van der Waals surface area contributed by atoms with Gasteiger partial charge in [-0.1, -0.05) is 133 Å². The molecule has 57 heavy (non-hydrogen) atoms. The summed E-state index contributed by atoms with van der Waals surface area (Å²) in [6.45, 7) is 0. The van der Waals surface area contributed by atoms with Crippen LogP contribution in [0.2, 0.25) is 0 Å². The zero-order valence-corrected chi connectivity index (χ0v) is 30.5. The van der Waals surface area contributed by atoms with E-state index in [2.05, 4.69) is 137 Å².